The van der Waals surface area contributed by atoms with Crippen LogP contribution in [0.4, 0.5) is 5.69 Å². The van der Waals surface area contributed by atoms with E-state index in [9.17, 15) is 14.4 Å². The molecule has 1 unspecified atom stereocenters. The quantitative estimate of drug-likeness (QED) is 0.692. The second kappa shape index (κ2) is 9.75. The summed E-state index contributed by atoms with van der Waals surface area (Å²) in [6.07, 6.45) is 1.33. The van der Waals surface area contributed by atoms with Crippen LogP contribution in [0.15, 0.2) is 48.5 Å². The second-order valence-electron chi connectivity index (χ2n) is 8.25. The molecule has 0 saturated carbocycles. The van der Waals surface area contributed by atoms with Crippen LogP contribution >= 0.6 is 0 Å². The number of rotatable bonds is 6. The van der Waals surface area contributed by atoms with Gasteiger partial charge >= 0.3 is 5.97 Å². The fourth-order valence-electron chi connectivity index (χ4n) is 3.68. The van der Waals surface area contributed by atoms with Gasteiger partial charge < -0.3 is 20.1 Å². The zero-order valence-electron chi connectivity index (χ0n) is 18.1. The van der Waals surface area contributed by atoms with Crippen LogP contribution in [0.1, 0.15) is 53.0 Å². The van der Waals surface area contributed by atoms with Gasteiger partial charge in [-0.05, 0) is 62.6 Å². The van der Waals surface area contributed by atoms with Gasteiger partial charge in [0.15, 0.2) is 0 Å². The Morgan fingerprint density at radius 3 is 2.52 bits per heavy atom. The van der Waals surface area contributed by atoms with Crippen LogP contribution in [-0.4, -0.2) is 37.1 Å². The Labute approximate surface area is 182 Å². The van der Waals surface area contributed by atoms with Crippen LogP contribution in [0, 0.1) is 5.92 Å². The number of carbonyl (C=O) groups excluding carboxylic acids is 3. The third kappa shape index (κ3) is 6.15. The van der Waals surface area contributed by atoms with Gasteiger partial charge in [-0.3, -0.25) is 9.59 Å². The molecule has 0 radical (unpaired) electrons. The lowest BCUT2D eigenvalue weighted by atomic mass is 9.88. The molecule has 1 fully saturated rings. The first-order valence-corrected chi connectivity index (χ1v) is 10.3. The second-order valence-corrected chi connectivity index (χ2v) is 8.25. The summed E-state index contributed by atoms with van der Waals surface area (Å²) in [6.45, 7) is 4.75. The average molecular weight is 424 g/mol. The normalized spacial score (nSPS) is 17.5. The minimum atomic E-state index is -0.519. The van der Waals surface area contributed by atoms with Gasteiger partial charge in [-0.1, -0.05) is 18.2 Å². The Morgan fingerprint density at radius 1 is 1.10 bits per heavy atom. The zero-order valence-corrected chi connectivity index (χ0v) is 18.1. The van der Waals surface area contributed by atoms with E-state index in [1.54, 1.807) is 42.5 Å². The Kier molecular flexibility index (Phi) is 7.07. The molecule has 2 N–H and O–H groups in total. The molecule has 3 rings (SSSR count). The molecule has 1 saturated heterocycles. The Morgan fingerprint density at radius 2 is 1.84 bits per heavy atom. The summed E-state index contributed by atoms with van der Waals surface area (Å²) in [7, 11) is 1.30. The van der Waals surface area contributed by atoms with E-state index in [0.29, 0.717) is 41.8 Å². The fourth-order valence-corrected chi connectivity index (χ4v) is 3.68. The SMILES string of the molecule is COC(=O)c1cc(CNC(=O)C2CCOC(C)(C)C2)cc(NC(=O)c2ccccc2)c1. The summed E-state index contributed by atoms with van der Waals surface area (Å²) in [4.78, 5) is 37.2. The van der Waals surface area contributed by atoms with E-state index >= 15 is 0 Å². The smallest absolute Gasteiger partial charge is 0.337 e. The molecule has 164 valence electrons. The number of esters is 1. The molecular formula is C24H28N2O5. The highest BCUT2D eigenvalue weighted by molar-refractivity contribution is 6.05. The van der Waals surface area contributed by atoms with Crippen LogP contribution in [0.25, 0.3) is 0 Å². The predicted molar refractivity (Wildman–Crippen MR) is 117 cm³/mol. The highest BCUT2D eigenvalue weighted by Gasteiger charge is 2.32. The van der Waals surface area contributed by atoms with Gasteiger partial charge in [0.25, 0.3) is 5.91 Å². The average Bonchev–Trinajstić information content (AvgIpc) is 2.76. The van der Waals surface area contributed by atoms with Gasteiger partial charge in [-0.15, -0.1) is 0 Å². The first-order valence-electron chi connectivity index (χ1n) is 10.3. The lowest BCUT2D eigenvalue weighted by molar-refractivity contribution is -0.135. The van der Waals surface area contributed by atoms with Gasteiger partial charge in [-0.2, -0.15) is 0 Å². The van der Waals surface area contributed by atoms with E-state index < -0.39 is 5.97 Å². The summed E-state index contributed by atoms with van der Waals surface area (Å²) in [5.74, 6) is -0.976. The highest BCUT2D eigenvalue weighted by atomic mass is 16.5. The number of amides is 2. The molecule has 2 aromatic carbocycles. The molecule has 7 heteroatoms. The van der Waals surface area contributed by atoms with Crippen molar-refractivity contribution in [2.24, 2.45) is 5.92 Å². The van der Waals surface area contributed by atoms with Crippen molar-refractivity contribution in [3.8, 4) is 0 Å². The number of nitrogens with one attached hydrogen (secondary N) is 2. The summed E-state index contributed by atoms with van der Waals surface area (Å²) in [6, 6.07) is 13.7. The van der Waals surface area contributed by atoms with Crippen LogP contribution in [0.5, 0.6) is 0 Å². The maximum absolute atomic E-state index is 12.7. The first kappa shape index (κ1) is 22.5. The molecule has 2 amide bonds. The molecule has 2 aromatic rings. The monoisotopic (exact) mass is 424 g/mol. The molecule has 7 nitrogen and oxygen atoms in total. The van der Waals surface area contributed by atoms with Gasteiger partial charge in [0.05, 0.1) is 18.3 Å². The molecule has 0 spiro atoms. The Balaban J connectivity index is 1.73. The molecule has 0 aromatic heterocycles. The van der Waals surface area contributed by atoms with Crippen LogP contribution in [0.3, 0.4) is 0 Å². The molecule has 1 aliphatic rings. The lowest BCUT2D eigenvalue weighted by Gasteiger charge is -2.34. The minimum absolute atomic E-state index is 0.0466. The van der Waals surface area contributed by atoms with Gasteiger partial charge in [0.1, 0.15) is 0 Å². The van der Waals surface area contributed by atoms with E-state index in [1.807, 2.05) is 19.9 Å². The number of hydrogen-bond acceptors (Lipinski definition) is 5. The molecule has 0 bridgehead atoms. The standard InChI is InChI=1S/C24H28N2O5/c1-24(2)14-18(9-10-31-24)21(27)25-15-16-11-19(23(29)30-3)13-20(12-16)26-22(28)17-7-5-4-6-8-17/h4-8,11-13,18H,9-10,14-15H2,1-3H3,(H,25,27)(H,26,28). The zero-order chi connectivity index (χ0) is 22.4. The van der Waals surface area contributed by atoms with E-state index in [-0.39, 0.29) is 29.9 Å². The van der Waals surface area contributed by atoms with Gasteiger partial charge in [0, 0.05) is 30.3 Å². The molecule has 1 aliphatic heterocycles. The molecule has 0 aliphatic carbocycles. The van der Waals surface area contributed by atoms with E-state index in [4.69, 9.17) is 9.47 Å². The van der Waals surface area contributed by atoms with E-state index in [0.717, 1.165) is 0 Å². The number of hydrogen-bond donors (Lipinski definition) is 2. The maximum atomic E-state index is 12.7. The van der Waals surface area contributed by atoms with Crippen molar-refractivity contribution in [1.29, 1.82) is 0 Å². The molecular weight excluding hydrogens is 396 g/mol. The maximum Gasteiger partial charge on any atom is 0.337 e. The van der Waals surface area contributed by atoms with Crippen LogP contribution < -0.4 is 10.6 Å². The summed E-state index contributed by atoms with van der Waals surface area (Å²) >= 11 is 0. The van der Waals surface area contributed by atoms with Gasteiger partial charge in [0.2, 0.25) is 5.91 Å². The van der Waals surface area contributed by atoms with E-state index in [1.165, 1.54) is 7.11 Å². The van der Waals surface area contributed by atoms with Crippen molar-refractivity contribution < 1.29 is 23.9 Å². The summed E-state index contributed by atoms with van der Waals surface area (Å²) in [5.41, 5.74) is 1.62. The van der Waals surface area contributed by atoms with Crippen molar-refractivity contribution in [3.05, 3.63) is 65.2 Å². The fraction of sp³-hybridized carbons (Fsp3) is 0.375. The Bertz CT molecular complexity index is 956. The largest absolute Gasteiger partial charge is 0.465 e. The van der Waals surface area contributed by atoms with Crippen LogP contribution in [0.2, 0.25) is 0 Å². The number of anilines is 1. The molecule has 1 atom stereocenters. The number of ether oxygens (including phenoxy) is 2. The minimum Gasteiger partial charge on any atom is -0.465 e. The van der Waals surface area contributed by atoms with Gasteiger partial charge in [-0.25, -0.2) is 4.79 Å². The number of benzene rings is 2. The summed E-state index contributed by atoms with van der Waals surface area (Å²) < 4.78 is 10.5. The third-order valence-electron chi connectivity index (χ3n) is 5.24. The van der Waals surface area contributed by atoms with Crippen molar-refractivity contribution in [3.63, 3.8) is 0 Å². The molecule has 1 heterocycles. The van der Waals surface area contributed by atoms with Crippen molar-refractivity contribution >= 4 is 23.5 Å². The van der Waals surface area contributed by atoms with Crippen LogP contribution in [-0.2, 0) is 20.8 Å². The highest BCUT2D eigenvalue weighted by Crippen LogP contribution is 2.28. The van der Waals surface area contributed by atoms with Crippen molar-refractivity contribution in [2.45, 2.75) is 38.8 Å². The van der Waals surface area contributed by atoms with E-state index in [2.05, 4.69) is 10.6 Å². The molecule has 31 heavy (non-hydrogen) atoms. The topological polar surface area (TPSA) is 93.7 Å². The van der Waals surface area contributed by atoms with Crippen molar-refractivity contribution in [1.82, 2.24) is 5.32 Å². The van der Waals surface area contributed by atoms with Crippen molar-refractivity contribution in [2.75, 3.05) is 19.0 Å². The lowest BCUT2D eigenvalue weighted by Crippen LogP contribution is -2.41. The third-order valence-corrected chi connectivity index (χ3v) is 5.24. The predicted octanol–water partition coefficient (Wildman–Crippen LogP) is 3.55. The Hall–Kier alpha value is -3.19. The number of methoxy groups -OCH3 is 1. The first-order chi connectivity index (χ1) is 14.8. The summed E-state index contributed by atoms with van der Waals surface area (Å²) in [5, 5.41) is 5.75. The number of carbonyl (C=O) groups is 3.